The van der Waals surface area contributed by atoms with Gasteiger partial charge in [-0.05, 0) is 72.1 Å². The van der Waals surface area contributed by atoms with E-state index in [1.807, 2.05) is 0 Å². The molecule has 2 fully saturated rings. The molecule has 2 aromatic rings. The van der Waals surface area contributed by atoms with Gasteiger partial charge in [-0.15, -0.1) is 0 Å². The van der Waals surface area contributed by atoms with E-state index >= 15 is 0 Å². The van der Waals surface area contributed by atoms with Gasteiger partial charge in [0.05, 0.1) is 0 Å². The first kappa shape index (κ1) is 15.2. The van der Waals surface area contributed by atoms with Gasteiger partial charge in [0, 0.05) is 0 Å². The second-order valence-electron chi connectivity index (χ2n) is 8.10. The van der Waals surface area contributed by atoms with Crippen LogP contribution in [0.25, 0.3) is 10.8 Å². The zero-order chi connectivity index (χ0) is 15.6. The second kappa shape index (κ2) is 6.67. The third-order valence-electron chi connectivity index (χ3n) is 6.66. The van der Waals surface area contributed by atoms with Crippen LogP contribution in [0.1, 0.15) is 69.8 Å². The summed E-state index contributed by atoms with van der Waals surface area (Å²) in [5, 5.41) is 2.80. The van der Waals surface area contributed by atoms with Gasteiger partial charge in [-0.2, -0.15) is 0 Å². The normalized spacial score (nSPS) is 31.0. The smallest absolute Gasteiger partial charge is 0.0159 e. The molecule has 0 heterocycles. The molecule has 2 saturated carbocycles. The Labute approximate surface area is 141 Å². The molecule has 4 rings (SSSR count). The van der Waals surface area contributed by atoms with Crippen LogP contribution in [0.3, 0.4) is 0 Å². The Hall–Kier alpha value is -1.30. The van der Waals surface area contributed by atoms with Crippen LogP contribution in [-0.2, 0) is 0 Å². The van der Waals surface area contributed by atoms with Crippen LogP contribution in [0.5, 0.6) is 0 Å². The van der Waals surface area contributed by atoms with Crippen molar-refractivity contribution in [3.8, 4) is 0 Å². The van der Waals surface area contributed by atoms with Crippen LogP contribution >= 0.6 is 0 Å². The molecule has 122 valence electrons. The summed E-state index contributed by atoms with van der Waals surface area (Å²) in [6.07, 6.45) is 11.7. The zero-order valence-corrected chi connectivity index (χ0v) is 14.5. The van der Waals surface area contributed by atoms with Crippen LogP contribution in [0, 0.1) is 17.8 Å². The molecule has 0 aromatic heterocycles. The molecular formula is C23H30. The lowest BCUT2D eigenvalue weighted by atomic mass is 9.63. The Bertz CT molecular complexity index is 656. The average Bonchev–Trinajstić information content (AvgIpc) is 2.61. The first-order valence-electron chi connectivity index (χ1n) is 9.82. The summed E-state index contributed by atoms with van der Waals surface area (Å²) >= 11 is 0. The van der Waals surface area contributed by atoms with E-state index in [1.54, 1.807) is 5.56 Å². The van der Waals surface area contributed by atoms with Crippen molar-refractivity contribution >= 4 is 10.8 Å². The van der Waals surface area contributed by atoms with E-state index in [1.165, 1.54) is 62.1 Å². The van der Waals surface area contributed by atoms with Gasteiger partial charge in [-0.3, -0.25) is 0 Å². The maximum Gasteiger partial charge on any atom is -0.0159 e. The summed E-state index contributed by atoms with van der Waals surface area (Å²) < 4.78 is 0. The molecule has 0 nitrogen and oxygen atoms in total. The highest BCUT2D eigenvalue weighted by Crippen LogP contribution is 2.48. The van der Waals surface area contributed by atoms with E-state index in [4.69, 9.17) is 0 Å². The molecule has 0 N–H and O–H groups in total. The Morgan fingerprint density at radius 3 is 2.48 bits per heavy atom. The molecule has 23 heavy (non-hydrogen) atoms. The number of hydrogen-bond donors (Lipinski definition) is 0. The topological polar surface area (TPSA) is 0 Å². The molecule has 4 unspecified atom stereocenters. The fourth-order valence-electron chi connectivity index (χ4n) is 5.42. The number of fused-ring (bicyclic) bond motifs is 2. The maximum absolute atomic E-state index is 2.46. The Morgan fingerprint density at radius 2 is 1.61 bits per heavy atom. The van der Waals surface area contributed by atoms with Crippen LogP contribution in [-0.4, -0.2) is 0 Å². The van der Waals surface area contributed by atoms with E-state index < -0.39 is 0 Å². The summed E-state index contributed by atoms with van der Waals surface area (Å²) in [6.45, 7) is 2.35. The van der Waals surface area contributed by atoms with Crippen molar-refractivity contribution in [3.05, 3.63) is 48.0 Å². The van der Waals surface area contributed by atoms with Crippen molar-refractivity contribution in [2.45, 2.75) is 64.2 Å². The molecule has 0 aliphatic heterocycles. The van der Waals surface area contributed by atoms with Crippen molar-refractivity contribution in [3.63, 3.8) is 0 Å². The van der Waals surface area contributed by atoms with Gasteiger partial charge in [0.2, 0.25) is 0 Å². The molecule has 2 aromatic carbocycles. The molecule has 0 spiro atoms. The third-order valence-corrected chi connectivity index (χ3v) is 6.66. The Balaban J connectivity index is 1.47. The predicted octanol–water partition coefficient (Wildman–Crippen LogP) is 6.94. The monoisotopic (exact) mass is 306 g/mol. The maximum atomic E-state index is 2.46. The van der Waals surface area contributed by atoms with E-state index in [0.29, 0.717) is 0 Å². The minimum Gasteiger partial charge on any atom is -0.0654 e. The largest absolute Gasteiger partial charge is 0.0654 e. The highest BCUT2D eigenvalue weighted by Gasteiger charge is 2.35. The van der Waals surface area contributed by atoms with Gasteiger partial charge in [0.15, 0.2) is 0 Å². The minimum absolute atomic E-state index is 0.809. The molecule has 2 aliphatic rings. The van der Waals surface area contributed by atoms with E-state index in [9.17, 15) is 0 Å². The number of hydrogen-bond acceptors (Lipinski definition) is 0. The first-order chi connectivity index (χ1) is 11.3. The minimum atomic E-state index is 0.809. The van der Waals surface area contributed by atoms with Crippen LogP contribution in [0.2, 0.25) is 0 Å². The van der Waals surface area contributed by atoms with Crippen molar-refractivity contribution in [1.82, 2.24) is 0 Å². The van der Waals surface area contributed by atoms with E-state index in [0.717, 1.165) is 23.7 Å². The quantitative estimate of drug-likeness (QED) is 0.576. The van der Waals surface area contributed by atoms with Crippen molar-refractivity contribution in [2.75, 3.05) is 0 Å². The standard InChI is InChI=1S/C23H30/c1-2-5-17-8-9-21-16-23(13-12-20(21)14-17)22-11-10-18-6-3-4-7-19(18)15-22/h3-4,6-7,10-11,15,17,20-21,23H,2,5,8-9,12-14,16H2,1H3. The fourth-order valence-corrected chi connectivity index (χ4v) is 5.42. The summed E-state index contributed by atoms with van der Waals surface area (Å²) in [7, 11) is 0. The van der Waals surface area contributed by atoms with Gasteiger partial charge >= 0.3 is 0 Å². The molecule has 0 bridgehead atoms. The van der Waals surface area contributed by atoms with Crippen LogP contribution in [0.4, 0.5) is 0 Å². The lowest BCUT2D eigenvalue weighted by Crippen LogP contribution is -2.30. The lowest BCUT2D eigenvalue weighted by Gasteiger charge is -2.42. The fraction of sp³-hybridized carbons (Fsp3) is 0.565. The zero-order valence-electron chi connectivity index (χ0n) is 14.5. The molecule has 0 heteroatoms. The molecule has 0 saturated heterocycles. The van der Waals surface area contributed by atoms with Gasteiger partial charge < -0.3 is 0 Å². The lowest BCUT2D eigenvalue weighted by molar-refractivity contribution is 0.114. The summed E-state index contributed by atoms with van der Waals surface area (Å²) in [6, 6.07) is 16.0. The molecular weight excluding hydrogens is 276 g/mol. The highest BCUT2D eigenvalue weighted by molar-refractivity contribution is 5.83. The van der Waals surface area contributed by atoms with Gasteiger partial charge in [0.25, 0.3) is 0 Å². The predicted molar refractivity (Wildman–Crippen MR) is 99.8 cm³/mol. The van der Waals surface area contributed by atoms with E-state index in [2.05, 4.69) is 49.4 Å². The molecule has 2 aliphatic carbocycles. The van der Waals surface area contributed by atoms with Gasteiger partial charge in [-0.25, -0.2) is 0 Å². The SMILES string of the molecule is CCCC1CCC2CC(c3ccc4ccccc4c3)CCC2C1. The third kappa shape index (κ3) is 3.18. The Kier molecular flexibility index (Phi) is 4.42. The van der Waals surface area contributed by atoms with Crippen molar-refractivity contribution < 1.29 is 0 Å². The summed E-state index contributed by atoms with van der Waals surface area (Å²) in [5.74, 6) is 3.90. The Morgan fingerprint density at radius 1 is 0.826 bits per heavy atom. The van der Waals surface area contributed by atoms with Crippen LogP contribution < -0.4 is 0 Å². The molecule has 0 radical (unpaired) electrons. The number of rotatable bonds is 3. The summed E-state index contributed by atoms with van der Waals surface area (Å²) in [5.41, 5.74) is 1.60. The summed E-state index contributed by atoms with van der Waals surface area (Å²) in [4.78, 5) is 0. The van der Waals surface area contributed by atoms with Crippen LogP contribution in [0.15, 0.2) is 42.5 Å². The first-order valence-corrected chi connectivity index (χ1v) is 9.82. The van der Waals surface area contributed by atoms with Crippen molar-refractivity contribution in [2.24, 2.45) is 17.8 Å². The van der Waals surface area contributed by atoms with Gasteiger partial charge in [-0.1, -0.05) is 68.7 Å². The highest BCUT2D eigenvalue weighted by atomic mass is 14.4. The van der Waals surface area contributed by atoms with E-state index in [-0.39, 0.29) is 0 Å². The van der Waals surface area contributed by atoms with Gasteiger partial charge in [0.1, 0.15) is 0 Å². The number of benzene rings is 2. The molecule has 4 atom stereocenters. The average molecular weight is 306 g/mol. The molecule has 0 amide bonds. The second-order valence-corrected chi connectivity index (χ2v) is 8.10. The van der Waals surface area contributed by atoms with Crippen molar-refractivity contribution in [1.29, 1.82) is 0 Å².